The molecule has 0 spiro atoms. The highest BCUT2D eigenvalue weighted by molar-refractivity contribution is 7.92. The summed E-state index contributed by atoms with van der Waals surface area (Å²) in [6.45, 7) is 3.70. The van der Waals surface area contributed by atoms with Crippen LogP contribution in [0.15, 0.2) is 35.4 Å². The fourth-order valence-corrected chi connectivity index (χ4v) is 4.43. The molecule has 1 heterocycles. The smallest absolute Gasteiger partial charge is 0.248 e. The number of hydrogen-bond acceptors (Lipinski definition) is 7. The van der Waals surface area contributed by atoms with Crippen LogP contribution in [0.2, 0.25) is 5.02 Å². The molecule has 0 bridgehead atoms. The van der Waals surface area contributed by atoms with E-state index in [0.29, 0.717) is 18.5 Å². The van der Waals surface area contributed by atoms with Crippen molar-refractivity contribution in [2.75, 3.05) is 10.8 Å². The van der Waals surface area contributed by atoms with Gasteiger partial charge in [0.15, 0.2) is 15.7 Å². The number of halogens is 1. The second kappa shape index (κ2) is 7.78. The number of nitrogens with zero attached hydrogens (tertiary/aromatic N) is 2. The van der Waals surface area contributed by atoms with Crippen molar-refractivity contribution in [3.8, 4) is 0 Å². The zero-order valence-corrected chi connectivity index (χ0v) is 14.9. The summed E-state index contributed by atoms with van der Waals surface area (Å²) < 4.78 is 25.7. The number of rotatable bonds is 7. The summed E-state index contributed by atoms with van der Waals surface area (Å²) >= 11 is 6.04. The van der Waals surface area contributed by atoms with Gasteiger partial charge in [0.25, 0.3) is 0 Å². The minimum Gasteiger partial charge on any atom is -0.338 e. The van der Waals surface area contributed by atoms with E-state index in [2.05, 4.69) is 15.3 Å². The highest BCUT2D eigenvalue weighted by Crippen LogP contribution is 2.31. The highest BCUT2D eigenvalue weighted by atomic mass is 35.5. The summed E-state index contributed by atoms with van der Waals surface area (Å²) in [5, 5.41) is 11.5. The van der Waals surface area contributed by atoms with Crippen LogP contribution in [0.25, 0.3) is 0 Å². The number of nitrogens with one attached hydrogen (secondary N) is 2. The van der Waals surface area contributed by atoms with Crippen LogP contribution in [0.3, 0.4) is 0 Å². The van der Waals surface area contributed by atoms with E-state index < -0.39 is 15.1 Å². The summed E-state index contributed by atoms with van der Waals surface area (Å²) in [7, 11) is -3.49. The largest absolute Gasteiger partial charge is 0.338 e. The zero-order chi connectivity index (χ0) is 17.7. The molecule has 130 valence electrons. The molecule has 9 heteroatoms. The molecular weight excluding hydrogens is 352 g/mol. The Labute approximate surface area is 146 Å². The quantitative estimate of drug-likeness (QED) is 0.639. The van der Waals surface area contributed by atoms with Crippen LogP contribution >= 0.6 is 11.6 Å². The van der Waals surface area contributed by atoms with Gasteiger partial charge in [-0.25, -0.2) is 18.9 Å². The van der Waals surface area contributed by atoms with Gasteiger partial charge in [-0.15, -0.1) is 0 Å². The maximum atomic E-state index is 12.9. The van der Waals surface area contributed by atoms with E-state index in [-0.39, 0.29) is 21.7 Å². The molecule has 2 aromatic rings. The van der Waals surface area contributed by atoms with Crippen molar-refractivity contribution in [1.29, 1.82) is 0 Å². The van der Waals surface area contributed by atoms with Gasteiger partial charge in [0.1, 0.15) is 5.02 Å². The first kappa shape index (κ1) is 18.4. The van der Waals surface area contributed by atoms with Crippen molar-refractivity contribution in [3.63, 3.8) is 0 Å². The minimum atomic E-state index is -3.49. The van der Waals surface area contributed by atoms with Crippen LogP contribution in [0.5, 0.6) is 0 Å². The minimum absolute atomic E-state index is 0.0535. The molecule has 0 aliphatic heterocycles. The van der Waals surface area contributed by atoms with Crippen LogP contribution in [0, 0.1) is 0 Å². The van der Waals surface area contributed by atoms with Crippen molar-refractivity contribution < 1.29 is 13.6 Å². The predicted molar refractivity (Wildman–Crippen MR) is 93.7 cm³/mol. The van der Waals surface area contributed by atoms with Gasteiger partial charge in [-0.3, -0.25) is 5.21 Å². The summed E-state index contributed by atoms with van der Waals surface area (Å²) in [4.78, 5) is 7.93. The average molecular weight is 371 g/mol. The van der Waals surface area contributed by atoms with Crippen LogP contribution < -0.4 is 10.8 Å². The summed E-state index contributed by atoms with van der Waals surface area (Å²) in [6.07, 6.45) is 2.35. The zero-order valence-electron chi connectivity index (χ0n) is 13.3. The Morgan fingerprint density at radius 2 is 1.92 bits per heavy atom. The first-order valence-corrected chi connectivity index (χ1v) is 9.39. The van der Waals surface area contributed by atoms with E-state index in [0.717, 1.165) is 0 Å². The van der Waals surface area contributed by atoms with Gasteiger partial charge in [-0.05, 0) is 25.0 Å². The van der Waals surface area contributed by atoms with E-state index in [1.54, 1.807) is 24.3 Å². The van der Waals surface area contributed by atoms with E-state index in [1.165, 1.54) is 6.20 Å². The summed E-state index contributed by atoms with van der Waals surface area (Å²) in [5.41, 5.74) is 2.19. The Kier molecular flexibility index (Phi) is 5.98. The van der Waals surface area contributed by atoms with Crippen molar-refractivity contribution in [1.82, 2.24) is 9.97 Å². The molecule has 0 fully saturated rings. The Hall–Kier alpha value is -1.90. The van der Waals surface area contributed by atoms with Gasteiger partial charge < -0.3 is 5.32 Å². The molecule has 0 amide bonds. The molecule has 1 aromatic heterocycles. The third kappa shape index (κ3) is 3.77. The maximum Gasteiger partial charge on any atom is 0.248 e. The number of aromatic nitrogens is 2. The van der Waals surface area contributed by atoms with Crippen LogP contribution in [-0.4, -0.2) is 28.8 Å². The fourth-order valence-electron chi connectivity index (χ4n) is 2.36. The summed E-state index contributed by atoms with van der Waals surface area (Å²) in [6, 6.07) is 6.58. The monoisotopic (exact) mass is 370 g/mol. The lowest BCUT2D eigenvalue weighted by Gasteiger charge is -2.18. The standard InChI is InChI=1S/C15H19ClN4O3S/c1-3-10(4-2)24(22,23)13-8-6-5-7-12(13)18-14-11(16)9-17-15(19-14)20-21/h5-10,21H,3-4H2,1-2H3,(H2,17,18,19,20). The van der Waals surface area contributed by atoms with Gasteiger partial charge in [0.05, 0.1) is 22.0 Å². The Bertz CT molecular complexity index is 810. The molecule has 1 aromatic carbocycles. The van der Waals surface area contributed by atoms with Gasteiger partial charge in [-0.1, -0.05) is 37.6 Å². The van der Waals surface area contributed by atoms with E-state index in [9.17, 15) is 8.42 Å². The van der Waals surface area contributed by atoms with Crippen LogP contribution in [-0.2, 0) is 9.84 Å². The molecule has 0 radical (unpaired) electrons. The lowest BCUT2D eigenvalue weighted by Crippen LogP contribution is -2.20. The molecule has 24 heavy (non-hydrogen) atoms. The molecule has 0 saturated heterocycles. The molecular formula is C15H19ClN4O3S. The first-order valence-electron chi connectivity index (χ1n) is 7.46. The lowest BCUT2D eigenvalue weighted by atomic mass is 10.3. The predicted octanol–water partition coefficient (Wildman–Crippen LogP) is 3.64. The van der Waals surface area contributed by atoms with Gasteiger partial charge >= 0.3 is 0 Å². The van der Waals surface area contributed by atoms with Crippen molar-refractivity contribution in [2.45, 2.75) is 36.8 Å². The molecule has 0 unspecified atom stereocenters. The van der Waals surface area contributed by atoms with E-state index in [4.69, 9.17) is 16.8 Å². The van der Waals surface area contributed by atoms with E-state index in [1.807, 2.05) is 19.3 Å². The molecule has 2 rings (SSSR count). The lowest BCUT2D eigenvalue weighted by molar-refractivity contribution is 0.382. The first-order chi connectivity index (χ1) is 11.4. The second-order valence-electron chi connectivity index (χ2n) is 5.11. The third-order valence-corrected chi connectivity index (χ3v) is 6.43. The number of anilines is 3. The number of para-hydroxylation sites is 1. The topological polar surface area (TPSA) is 104 Å². The Balaban J connectivity index is 2.47. The summed E-state index contributed by atoms with van der Waals surface area (Å²) in [5.74, 6) is 0.137. The van der Waals surface area contributed by atoms with Crippen molar-refractivity contribution in [2.24, 2.45) is 0 Å². The third-order valence-electron chi connectivity index (χ3n) is 3.64. The maximum absolute atomic E-state index is 12.9. The SMILES string of the molecule is CCC(CC)S(=O)(=O)c1ccccc1Nc1nc(NO)ncc1Cl. The molecule has 7 nitrogen and oxygen atoms in total. The van der Waals surface area contributed by atoms with Gasteiger partial charge in [-0.2, -0.15) is 4.98 Å². The normalized spacial score (nSPS) is 11.5. The number of benzene rings is 1. The van der Waals surface area contributed by atoms with Gasteiger partial charge in [0.2, 0.25) is 5.95 Å². The number of sulfone groups is 1. The molecule has 0 atom stereocenters. The molecule has 0 saturated carbocycles. The van der Waals surface area contributed by atoms with Crippen LogP contribution in [0.4, 0.5) is 17.5 Å². The highest BCUT2D eigenvalue weighted by Gasteiger charge is 2.27. The average Bonchev–Trinajstić information content (AvgIpc) is 2.58. The Morgan fingerprint density at radius 1 is 1.25 bits per heavy atom. The van der Waals surface area contributed by atoms with E-state index >= 15 is 0 Å². The molecule has 3 N–H and O–H groups in total. The number of hydrogen-bond donors (Lipinski definition) is 3. The van der Waals surface area contributed by atoms with Crippen molar-refractivity contribution in [3.05, 3.63) is 35.5 Å². The van der Waals surface area contributed by atoms with Crippen LogP contribution in [0.1, 0.15) is 26.7 Å². The second-order valence-corrected chi connectivity index (χ2v) is 7.71. The fraction of sp³-hybridized carbons (Fsp3) is 0.333. The molecule has 0 aliphatic carbocycles. The van der Waals surface area contributed by atoms with Gasteiger partial charge in [0, 0.05) is 0 Å². The molecule has 0 aliphatic rings. The Morgan fingerprint density at radius 3 is 2.54 bits per heavy atom. The van der Waals surface area contributed by atoms with Crippen molar-refractivity contribution >= 4 is 38.9 Å².